The van der Waals surface area contributed by atoms with Crippen LogP contribution in [0.2, 0.25) is 0 Å². The van der Waals surface area contributed by atoms with Crippen LogP contribution in [0.1, 0.15) is 55.6 Å². The second kappa shape index (κ2) is 9.74. The van der Waals surface area contributed by atoms with E-state index >= 15 is 0 Å². The zero-order chi connectivity index (χ0) is 24.3. The van der Waals surface area contributed by atoms with Gasteiger partial charge in [0.1, 0.15) is 35.4 Å². The van der Waals surface area contributed by atoms with E-state index in [-0.39, 0.29) is 24.3 Å². The Morgan fingerprint density at radius 1 is 1.26 bits per heavy atom. The Morgan fingerprint density at radius 3 is 2.76 bits per heavy atom. The lowest BCUT2D eigenvalue weighted by atomic mass is 10.1. The number of likely N-dealkylation sites (N-methyl/N-ethyl adjacent to an activating group) is 1. The lowest BCUT2D eigenvalue weighted by molar-refractivity contribution is -0.120. The molecular weight excluding hydrogens is 434 g/mol. The zero-order valence-corrected chi connectivity index (χ0v) is 19.6. The van der Waals surface area contributed by atoms with Crippen LogP contribution in [-0.4, -0.2) is 53.3 Å². The topological polar surface area (TPSA) is 101 Å². The SMILES string of the molecule is CN1C(=O)[C@@H](NC(=O)c2cc(OC3CCCC3)ccn2)COc2ccc(C#CC(C)(C)O)cc21. The predicted octanol–water partition coefficient (Wildman–Crippen LogP) is 2.68. The Hall–Kier alpha value is -3.57. The van der Waals surface area contributed by atoms with Crippen molar-refractivity contribution in [2.75, 3.05) is 18.6 Å². The van der Waals surface area contributed by atoms with E-state index in [0.717, 1.165) is 25.7 Å². The van der Waals surface area contributed by atoms with E-state index in [1.54, 1.807) is 51.2 Å². The number of pyridine rings is 1. The van der Waals surface area contributed by atoms with E-state index in [4.69, 9.17) is 9.47 Å². The number of fused-ring (bicyclic) bond motifs is 1. The van der Waals surface area contributed by atoms with Crippen LogP contribution < -0.4 is 19.7 Å². The fourth-order valence-electron chi connectivity index (χ4n) is 3.94. The van der Waals surface area contributed by atoms with Crippen LogP contribution in [0.15, 0.2) is 36.5 Å². The molecule has 0 bridgehead atoms. The summed E-state index contributed by atoms with van der Waals surface area (Å²) >= 11 is 0. The summed E-state index contributed by atoms with van der Waals surface area (Å²) in [5.41, 5.74) is 0.217. The molecule has 2 aliphatic rings. The van der Waals surface area contributed by atoms with Gasteiger partial charge in [-0.2, -0.15) is 0 Å². The van der Waals surface area contributed by atoms with Crippen molar-refractivity contribution in [3.8, 4) is 23.3 Å². The van der Waals surface area contributed by atoms with Gasteiger partial charge in [-0.3, -0.25) is 14.6 Å². The minimum Gasteiger partial charge on any atom is -0.490 e. The summed E-state index contributed by atoms with van der Waals surface area (Å²) in [5, 5.41) is 12.6. The fourth-order valence-corrected chi connectivity index (χ4v) is 3.94. The van der Waals surface area contributed by atoms with Crippen LogP contribution in [0.5, 0.6) is 11.5 Å². The first-order valence-electron chi connectivity index (χ1n) is 11.4. The number of carbonyl (C=O) groups excluding carboxylic acids is 2. The largest absolute Gasteiger partial charge is 0.490 e. The smallest absolute Gasteiger partial charge is 0.270 e. The van der Waals surface area contributed by atoms with E-state index in [2.05, 4.69) is 22.1 Å². The minimum atomic E-state index is -1.13. The highest BCUT2D eigenvalue weighted by Gasteiger charge is 2.31. The molecule has 1 fully saturated rings. The predicted molar refractivity (Wildman–Crippen MR) is 127 cm³/mol. The van der Waals surface area contributed by atoms with Gasteiger partial charge in [0.2, 0.25) is 0 Å². The van der Waals surface area contributed by atoms with Crippen molar-refractivity contribution < 1.29 is 24.2 Å². The van der Waals surface area contributed by atoms with Crippen LogP contribution in [0.4, 0.5) is 5.69 Å². The highest BCUT2D eigenvalue weighted by molar-refractivity contribution is 6.03. The number of anilines is 1. The summed E-state index contributed by atoms with van der Waals surface area (Å²) in [6.45, 7) is 3.18. The summed E-state index contributed by atoms with van der Waals surface area (Å²) < 4.78 is 11.8. The van der Waals surface area contributed by atoms with Gasteiger partial charge in [0.05, 0.1) is 11.8 Å². The molecule has 34 heavy (non-hydrogen) atoms. The molecule has 0 spiro atoms. The molecule has 2 heterocycles. The summed E-state index contributed by atoms with van der Waals surface area (Å²) in [5.74, 6) is 5.96. The number of nitrogens with zero attached hydrogens (tertiary/aromatic N) is 2. The van der Waals surface area contributed by atoms with Gasteiger partial charge in [-0.1, -0.05) is 11.8 Å². The Balaban J connectivity index is 1.47. The number of carbonyl (C=O) groups is 2. The first-order chi connectivity index (χ1) is 16.2. The van der Waals surface area contributed by atoms with Crippen LogP contribution in [0.25, 0.3) is 0 Å². The molecular formula is C26H29N3O5. The van der Waals surface area contributed by atoms with E-state index < -0.39 is 17.6 Å². The van der Waals surface area contributed by atoms with Gasteiger partial charge in [0, 0.05) is 24.9 Å². The summed E-state index contributed by atoms with van der Waals surface area (Å²) in [7, 11) is 1.62. The average molecular weight is 464 g/mol. The molecule has 1 aliphatic heterocycles. The maximum absolute atomic E-state index is 13.1. The number of rotatable bonds is 4. The molecule has 1 saturated carbocycles. The van der Waals surface area contributed by atoms with E-state index in [1.807, 2.05) is 0 Å². The van der Waals surface area contributed by atoms with Crippen LogP contribution in [0.3, 0.4) is 0 Å². The maximum atomic E-state index is 13.1. The third-order valence-corrected chi connectivity index (χ3v) is 5.74. The number of aliphatic hydroxyl groups is 1. The van der Waals surface area contributed by atoms with E-state index in [0.29, 0.717) is 22.7 Å². The standard InChI is InChI=1S/C26H29N3O5/c1-26(2,32)12-10-17-8-9-23-22(14-17)29(3)25(31)21(16-33-23)28-24(30)20-15-19(11-13-27-20)34-18-6-4-5-7-18/h8-9,11,13-15,18,21,32H,4-7,16H2,1-3H3,(H,28,30)/t21-/m0/s1. The second-order valence-corrected chi connectivity index (χ2v) is 9.13. The molecule has 2 N–H and O–H groups in total. The molecule has 8 heteroatoms. The van der Waals surface area contributed by atoms with Gasteiger partial charge in [-0.05, 0) is 63.8 Å². The quantitative estimate of drug-likeness (QED) is 0.677. The lowest BCUT2D eigenvalue weighted by Crippen LogP contribution is -2.49. The van der Waals surface area contributed by atoms with Crippen molar-refractivity contribution in [2.24, 2.45) is 0 Å². The summed E-state index contributed by atoms with van der Waals surface area (Å²) in [6.07, 6.45) is 6.02. The Morgan fingerprint density at radius 2 is 2.03 bits per heavy atom. The van der Waals surface area contributed by atoms with Gasteiger partial charge in [0.25, 0.3) is 11.8 Å². The molecule has 0 saturated heterocycles. The number of amides is 2. The van der Waals surface area contributed by atoms with Gasteiger partial charge < -0.3 is 24.8 Å². The number of hydrogen-bond donors (Lipinski definition) is 2. The van der Waals surface area contributed by atoms with Crippen molar-refractivity contribution in [2.45, 2.75) is 57.3 Å². The maximum Gasteiger partial charge on any atom is 0.270 e. The summed E-state index contributed by atoms with van der Waals surface area (Å²) in [4.78, 5) is 31.6. The van der Waals surface area contributed by atoms with Gasteiger partial charge in [-0.15, -0.1) is 0 Å². The monoisotopic (exact) mass is 463 g/mol. The highest BCUT2D eigenvalue weighted by atomic mass is 16.5. The lowest BCUT2D eigenvalue weighted by Gasteiger charge is -2.20. The molecule has 0 unspecified atom stereocenters. The molecule has 1 aromatic carbocycles. The number of aromatic nitrogens is 1. The molecule has 2 amide bonds. The molecule has 2 aromatic rings. The van der Waals surface area contributed by atoms with Crippen molar-refractivity contribution in [1.82, 2.24) is 10.3 Å². The number of nitrogens with one attached hydrogen (secondary N) is 1. The van der Waals surface area contributed by atoms with Gasteiger partial charge >= 0.3 is 0 Å². The molecule has 1 aliphatic carbocycles. The summed E-state index contributed by atoms with van der Waals surface area (Å²) in [6, 6.07) is 7.65. The van der Waals surface area contributed by atoms with Crippen LogP contribution in [0, 0.1) is 11.8 Å². The minimum absolute atomic E-state index is 0.0190. The van der Waals surface area contributed by atoms with Crippen molar-refractivity contribution in [3.05, 3.63) is 47.8 Å². The molecule has 0 radical (unpaired) electrons. The molecule has 8 nitrogen and oxygen atoms in total. The van der Waals surface area contributed by atoms with E-state index in [9.17, 15) is 14.7 Å². The van der Waals surface area contributed by atoms with Gasteiger partial charge in [0.15, 0.2) is 0 Å². The van der Waals surface area contributed by atoms with E-state index in [1.165, 1.54) is 11.1 Å². The first-order valence-corrected chi connectivity index (χ1v) is 11.4. The number of hydrogen-bond acceptors (Lipinski definition) is 6. The highest BCUT2D eigenvalue weighted by Crippen LogP contribution is 2.31. The van der Waals surface area contributed by atoms with Gasteiger partial charge in [-0.25, -0.2) is 0 Å². The zero-order valence-electron chi connectivity index (χ0n) is 19.6. The normalized spacial score (nSPS) is 18.3. The Bertz CT molecular complexity index is 1140. The van der Waals surface area contributed by atoms with Crippen molar-refractivity contribution >= 4 is 17.5 Å². The number of benzene rings is 1. The second-order valence-electron chi connectivity index (χ2n) is 9.13. The molecule has 4 rings (SSSR count). The third-order valence-electron chi connectivity index (χ3n) is 5.74. The molecule has 178 valence electrons. The Labute approximate surface area is 199 Å². The number of ether oxygens (including phenoxy) is 2. The van der Waals surface area contributed by atoms with Crippen LogP contribution in [-0.2, 0) is 4.79 Å². The van der Waals surface area contributed by atoms with Crippen LogP contribution >= 0.6 is 0 Å². The van der Waals surface area contributed by atoms with Crippen molar-refractivity contribution in [1.29, 1.82) is 0 Å². The van der Waals surface area contributed by atoms with Crippen molar-refractivity contribution in [3.63, 3.8) is 0 Å². The fraction of sp³-hybridized carbons (Fsp3) is 0.423. The Kier molecular flexibility index (Phi) is 6.75. The first kappa shape index (κ1) is 23.6. The molecule has 1 aromatic heterocycles. The molecule has 1 atom stereocenters. The third kappa shape index (κ3) is 5.67. The average Bonchev–Trinajstić information content (AvgIpc) is 3.28.